The molecule has 0 saturated carbocycles. The molecular weight excluding hydrogens is 366 g/mol. The number of unbranched alkanes of at least 4 members (excludes halogenated alkanes) is 3. The predicted molar refractivity (Wildman–Crippen MR) is 114 cm³/mol. The van der Waals surface area contributed by atoms with Crippen molar-refractivity contribution in [3.63, 3.8) is 0 Å². The molecule has 0 aliphatic heterocycles. The Bertz CT molecular complexity index is 1120. The Hall–Kier alpha value is -2.67. The van der Waals surface area contributed by atoms with Gasteiger partial charge in [-0.15, -0.1) is 0 Å². The molecule has 0 radical (unpaired) electrons. The molecule has 1 N–H and O–H groups in total. The van der Waals surface area contributed by atoms with Crippen LogP contribution in [0.5, 0.6) is 0 Å². The molecule has 0 saturated heterocycles. The van der Waals surface area contributed by atoms with Gasteiger partial charge in [-0.2, -0.15) is 0 Å². The molecule has 1 aliphatic rings. The minimum absolute atomic E-state index is 0.276. The third-order valence-electron chi connectivity index (χ3n) is 6.07. The average Bonchev–Trinajstić information content (AvgIpc) is 3.34. The summed E-state index contributed by atoms with van der Waals surface area (Å²) in [7, 11) is 3.16. The van der Waals surface area contributed by atoms with E-state index in [0.29, 0.717) is 17.2 Å². The Morgan fingerprint density at radius 1 is 1.07 bits per heavy atom. The van der Waals surface area contributed by atoms with E-state index in [9.17, 15) is 9.59 Å². The predicted octanol–water partition coefficient (Wildman–Crippen LogP) is 2.27. The second-order valence-electron chi connectivity index (χ2n) is 7.97. The van der Waals surface area contributed by atoms with Crippen molar-refractivity contribution in [2.75, 3.05) is 6.54 Å². The van der Waals surface area contributed by atoms with Gasteiger partial charge in [0.05, 0.1) is 6.33 Å². The maximum atomic E-state index is 12.5. The largest absolute Gasteiger partial charge is 0.332 e. The highest BCUT2D eigenvalue weighted by atomic mass is 16.2. The zero-order valence-corrected chi connectivity index (χ0v) is 17.2. The molecule has 154 valence electrons. The number of benzene rings is 1. The lowest BCUT2D eigenvalue weighted by atomic mass is 10.1. The van der Waals surface area contributed by atoms with Crippen LogP contribution in [0.15, 0.2) is 40.2 Å². The van der Waals surface area contributed by atoms with Crippen LogP contribution in [0.4, 0.5) is 0 Å². The lowest BCUT2D eigenvalue weighted by molar-refractivity contribution is 0.497. The fourth-order valence-corrected chi connectivity index (χ4v) is 4.37. The van der Waals surface area contributed by atoms with E-state index in [1.165, 1.54) is 35.6 Å². The number of imidazole rings is 1. The summed E-state index contributed by atoms with van der Waals surface area (Å²) in [4.78, 5) is 28.7. The number of hydrogen-bond donors (Lipinski definition) is 1. The van der Waals surface area contributed by atoms with E-state index >= 15 is 0 Å². The van der Waals surface area contributed by atoms with Gasteiger partial charge in [-0.25, -0.2) is 9.78 Å². The van der Waals surface area contributed by atoms with Crippen LogP contribution < -0.4 is 16.6 Å². The number of fused-ring (bicyclic) bond motifs is 2. The van der Waals surface area contributed by atoms with Crippen molar-refractivity contribution in [3.8, 4) is 0 Å². The van der Waals surface area contributed by atoms with Crippen molar-refractivity contribution in [1.29, 1.82) is 0 Å². The molecule has 7 nitrogen and oxygen atoms in total. The molecule has 1 aromatic carbocycles. The van der Waals surface area contributed by atoms with Gasteiger partial charge in [0.15, 0.2) is 11.2 Å². The van der Waals surface area contributed by atoms with E-state index in [1.54, 1.807) is 13.4 Å². The van der Waals surface area contributed by atoms with Gasteiger partial charge in [0, 0.05) is 26.7 Å². The number of nitrogens with one attached hydrogen (secondary N) is 1. The Labute approximate surface area is 170 Å². The molecule has 2 aromatic heterocycles. The Balaban J connectivity index is 1.24. The van der Waals surface area contributed by atoms with Gasteiger partial charge in [-0.3, -0.25) is 13.9 Å². The molecule has 3 aromatic rings. The average molecular weight is 396 g/mol. The smallest absolute Gasteiger partial charge is 0.325 e. The summed E-state index contributed by atoms with van der Waals surface area (Å²) in [5.74, 6) is 0. The zero-order valence-electron chi connectivity index (χ0n) is 17.2. The summed E-state index contributed by atoms with van der Waals surface area (Å²) in [6.07, 6.45) is 8.45. The maximum absolute atomic E-state index is 12.5. The van der Waals surface area contributed by atoms with Crippen LogP contribution in [-0.4, -0.2) is 25.2 Å². The topological polar surface area (TPSA) is 73.8 Å². The molecule has 1 aliphatic carbocycles. The highest BCUT2D eigenvalue weighted by molar-refractivity contribution is 5.69. The monoisotopic (exact) mass is 395 g/mol. The van der Waals surface area contributed by atoms with Crippen molar-refractivity contribution in [3.05, 3.63) is 62.6 Å². The van der Waals surface area contributed by atoms with E-state index < -0.39 is 0 Å². The van der Waals surface area contributed by atoms with Crippen LogP contribution in [-0.2, 0) is 27.1 Å². The standard InChI is InChI=1S/C22H29N5O2/c1-25-20-19(21(28)26(2)22(25)29)27(15-24-20)14-8-4-3-7-13-23-18-12-11-16-9-5-6-10-17(16)18/h5-6,9-10,15,18,23H,3-4,7-8,11-14H2,1-2H3. The second kappa shape index (κ2) is 8.37. The van der Waals surface area contributed by atoms with Crippen molar-refractivity contribution >= 4 is 11.2 Å². The molecule has 7 heteroatoms. The zero-order chi connectivity index (χ0) is 20.4. The molecule has 0 bridgehead atoms. The van der Waals surface area contributed by atoms with Crippen molar-refractivity contribution in [2.45, 2.75) is 51.1 Å². The summed E-state index contributed by atoms with van der Waals surface area (Å²) < 4.78 is 4.46. The first-order valence-electron chi connectivity index (χ1n) is 10.5. The fourth-order valence-electron chi connectivity index (χ4n) is 4.37. The Kier molecular flexibility index (Phi) is 5.67. The molecule has 1 atom stereocenters. The molecule has 29 heavy (non-hydrogen) atoms. The van der Waals surface area contributed by atoms with Crippen LogP contribution in [0.25, 0.3) is 11.2 Å². The van der Waals surface area contributed by atoms with Gasteiger partial charge in [-0.1, -0.05) is 37.1 Å². The van der Waals surface area contributed by atoms with Gasteiger partial charge in [0.25, 0.3) is 5.56 Å². The summed E-state index contributed by atoms with van der Waals surface area (Å²) in [6.45, 7) is 1.78. The van der Waals surface area contributed by atoms with Gasteiger partial charge in [-0.05, 0) is 43.4 Å². The number of aromatic nitrogens is 4. The van der Waals surface area contributed by atoms with Crippen molar-refractivity contribution in [2.24, 2.45) is 14.1 Å². The summed E-state index contributed by atoms with van der Waals surface area (Å²) >= 11 is 0. The Morgan fingerprint density at radius 3 is 2.72 bits per heavy atom. The SMILES string of the molecule is Cn1c(=O)c2c(ncn2CCCCCCNC2CCc3ccccc32)n(C)c1=O. The van der Waals surface area contributed by atoms with Gasteiger partial charge in [0.2, 0.25) is 0 Å². The minimum Gasteiger partial charge on any atom is -0.325 e. The first kappa shape index (κ1) is 19.6. The third-order valence-corrected chi connectivity index (χ3v) is 6.07. The normalized spacial score (nSPS) is 15.9. The van der Waals surface area contributed by atoms with Gasteiger partial charge >= 0.3 is 5.69 Å². The first-order chi connectivity index (χ1) is 14.1. The summed E-state index contributed by atoms with van der Waals surface area (Å²) in [5, 5.41) is 3.70. The fraction of sp³-hybridized carbons (Fsp3) is 0.500. The summed E-state index contributed by atoms with van der Waals surface area (Å²) in [6, 6.07) is 9.24. The highest BCUT2D eigenvalue weighted by Gasteiger charge is 2.20. The first-order valence-corrected chi connectivity index (χ1v) is 10.5. The van der Waals surface area contributed by atoms with E-state index in [1.807, 2.05) is 4.57 Å². The lowest BCUT2D eigenvalue weighted by Crippen LogP contribution is -2.37. The van der Waals surface area contributed by atoms with E-state index in [2.05, 4.69) is 34.6 Å². The third kappa shape index (κ3) is 3.79. The number of hydrogen-bond acceptors (Lipinski definition) is 4. The number of aryl methyl sites for hydroxylation is 3. The summed E-state index contributed by atoms with van der Waals surface area (Å²) in [5.41, 5.74) is 3.30. The maximum Gasteiger partial charge on any atom is 0.332 e. The van der Waals surface area contributed by atoms with Crippen LogP contribution in [0.3, 0.4) is 0 Å². The quantitative estimate of drug-likeness (QED) is 0.594. The molecule has 1 unspecified atom stereocenters. The van der Waals surface area contributed by atoms with Gasteiger partial charge in [0.1, 0.15) is 0 Å². The van der Waals surface area contributed by atoms with Crippen LogP contribution in [0, 0.1) is 0 Å². The molecule has 0 amide bonds. The van der Waals surface area contributed by atoms with Crippen LogP contribution in [0.1, 0.15) is 49.3 Å². The highest BCUT2D eigenvalue weighted by Crippen LogP contribution is 2.30. The Morgan fingerprint density at radius 2 is 1.86 bits per heavy atom. The molecule has 0 fully saturated rings. The second-order valence-corrected chi connectivity index (χ2v) is 7.97. The molecule has 2 heterocycles. The lowest BCUT2D eigenvalue weighted by Gasteiger charge is -2.14. The molecular formula is C22H29N5O2. The van der Waals surface area contributed by atoms with Crippen LogP contribution >= 0.6 is 0 Å². The van der Waals surface area contributed by atoms with Crippen LogP contribution in [0.2, 0.25) is 0 Å². The number of rotatable bonds is 8. The number of nitrogens with zero attached hydrogens (tertiary/aromatic N) is 4. The van der Waals surface area contributed by atoms with Crippen molar-refractivity contribution in [1.82, 2.24) is 24.0 Å². The molecule has 4 rings (SSSR count). The van der Waals surface area contributed by atoms with Gasteiger partial charge < -0.3 is 9.88 Å². The minimum atomic E-state index is -0.342. The van der Waals surface area contributed by atoms with E-state index in [-0.39, 0.29) is 11.2 Å². The molecule has 0 spiro atoms. The van der Waals surface area contributed by atoms with Crippen molar-refractivity contribution < 1.29 is 0 Å². The van der Waals surface area contributed by atoms with E-state index in [4.69, 9.17) is 0 Å². The van der Waals surface area contributed by atoms with E-state index in [0.717, 1.165) is 43.3 Å².